The molecule has 4 rings (SSSR count). The molecule has 1 fully saturated rings. The Bertz CT molecular complexity index is 1120. The zero-order chi connectivity index (χ0) is 23.6. The smallest absolute Gasteiger partial charge is 0.257 e. The molecule has 1 N–H and O–H groups in total. The van der Waals surface area contributed by atoms with Crippen LogP contribution in [0.2, 0.25) is 0 Å². The molecule has 2 heterocycles. The number of sulfonamides is 1. The van der Waals surface area contributed by atoms with Crippen molar-refractivity contribution < 1.29 is 22.7 Å². The Labute approximate surface area is 196 Å². The number of para-hydroxylation sites is 1. The van der Waals surface area contributed by atoms with Crippen LogP contribution in [0.5, 0.6) is 11.5 Å². The third-order valence-corrected chi connectivity index (χ3v) is 8.36. The molecule has 2 aliphatic heterocycles. The molecule has 33 heavy (non-hydrogen) atoms. The molecule has 0 unspecified atom stereocenters. The predicted molar refractivity (Wildman–Crippen MR) is 126 cm³/mol. The van der Waals surface area contributed by atoms with Crippen molar-refractivity contribution in [1.29, 1.82) is 0 Å². The molecule has 2 aromatic carbocycles. The van der Waals surface area contributed by atoms with Gasteiger partial charge in [0.25, 0.3) is 5.91 Å². The quantitative estimate of drug-likeness (QED) is 0.650. The van der Waals surface area contributed by atoms with E-state index < -0.39 is 21.7 Å². The number of fused-ring (bicyclic) bond motifs is 1. The molecule has 1 amide bonds. The van der Waals surface area contributed by atoms with Crippen molar-refractivity contribution in [3.05, 3.63) is 53.6 Å². The van der Waals surface area contributed by atoms with Crippen LogP contribution in [0.15, 0.2) is 47.4 Å². The number of carbonyl (C=O) groups excluding carboxylic acids is 1. The van der Waals surface area contributed by atoms with Crippen molar-refractivity contribution in [2.24, 2.45) is 0 Å². The zero-order valence-corrected chi connectivity index (χ0v) is 20.3. The highest BCUT2D eigenvalue weighted by Crippen LogP contribution is 2.43. The fourth-order valence-electron chi connectivity index (χ4n) is 4.77. The van der Waals surface area contributed by atoms with Gasteiger partial charge in [-0.2, -0.15) is 0 Å². The summed E-state index contributed by atoms with van der Waals surface area (Å²) in [4.78, 5) is 14.8. The topological polar surface area (TPSA) is 84.9 Å². The largest absolute Gasteiger partial charge is 0.496 e. The molecule has 1 saturated heterocycles. The number of rotatable bonds is 7. The minimum atomic E-state index is -3.91. The summed E-state index contributed by atoms with van der Waals surface area (Å²) in [5, 5.41) is 0. The number of benzene rings is 2. The van der Waals surface area contributed by atoms with Crippen LogP contribution in [-0.2, 0) is 10.0 Å². The van der Waals surface area contributed by atoms with Gasteiger partial charge >= 0.3 is 0 Å². The van der Waals surface area contributed by atoms with Crippen molar-refractivity contribution in [2.45, 2.75) is 62.5 Å². The molecule has 0 aromatic heterocycles. The number of nitrogens with zero attached hydrogens (tertiary/aromatic N) is 1. The SMILES string of the molecule is CCC1(CC)C[C@@H](NS(=O)(=O)c2ccc(OC)c(C(=O)N3CCCC3)c2)c2ccccc2O1. The first-order valence-electron chi connectivity index (χ1n) is 11.6. The first-order valence-corrected chi connectivity index (χ1v) is 13.1. The average molecular weight is 473 g/mol. The Morgan fingerprint density at radius 1 is 1.15 bits per heavy atom. The molecule has 8 heteroatoms. The van der Waals surface area contributed by atoms with Crippen LogP contribution < -0.4 is 14.2 Å². The number of hydrogen-bond donors (Lipinski definition) is 1. The van der Waals surface area contributed by atoms with E-state index in [4.69, 9.17) is 9.47 Å². The van der Waals surface area contributed by atoms with Gasteiger partial charge in [-0.1, -0.05) is 32.0 Å². The Morgan fingerprint density at radius 3 is 2.52 bits per heavy atom. The van der Waals surface area contributed by atoms with Gasteiger partial charge in [-0.15, -0.1) is 0 Å². The van der Waals surface area contributed by atoms with Gasteiger partial charge in [0.05, 0.1) is 23.6 Å². The van der Waals surface area contributed by atoms with Crippen molar-refractivity contribution in [3.8, 4) is 11.5 Å². The fraction of sp³-hybridized carbons (Fsp3) is 0.480. The minimum absolute atomic E-state index is 0.0495. The van der Waals surface area contributed by atoms with E-state index in [9.17, 15) is 13.2 Å². The number of methoxy groups -OCH3 is 1. The molecule has 0 saturated carbocycles. The number of nitrogens with one attached hydrogen (secondary N) is 1. The third-order valence-electron chi connectivity index (χ3n) is 6.89. The maximum Gasteiger partial charge on any atom is 0.257 e. The molecular weight excluding hydrogens is 440 g/mol. The lowest BCUT2D eigenvalue weighted by molar-refractivity contribution is 0.0260. The molecule has 0 aliphatic carbocycles. The lowest BCUT2D eigenvalue weighted by Gasteiger charge is -2.41. The highest BCUT2D eigenvalue weighted by Gasteiger charge is 2.40. The normalized spacial score (nSPS) is 19.6. The summed E-state index contributed by atoms with van der Waals surface area (Å²) in [6, 6.07) is 11.6. The molecule has 0 radical (unpaired) electrons. The van der Waals surface area contributed by atoms with E-state index in [-0.39, 0.29) is 16.4 Å². The maximum absolute atomic E-state index is 13.5. The zero-order valence-electron chi connectivity index (χ0n) is 19.5. The monoisotopic (exact) mass is 472 g/mol. The number of amides is 1. The predicted octanol–water partition coefficient (Wildman–Crippen LogP) is 4.29. The number of carbonyl (C=O) groups is 1. The number of ether oxygens (including phenoxy) is 2. The molecular formula is C25H32N2O5S. The van der Waals surface area contributed by atoms with E-state index in [2.05, 4.69) is 18.6 Å². The van der Waals surface area contributed by atoms with Gasteiger partial charge in [0.1, 0.15) is 17.1 Å². The Morgan fingerprint density at radius 2 is 1.85 bits per heavy atom. The summed E-state index contributed by atoms with van der Waals surface area (Å²) in [5.41, 5.74) is 0.657. The Hall–Kier alpha value is -2.58. The van der Waals surface area contributed by atoms with Crippen molar-refractivity contribution in [2.75, 3.05) is 20.2 Å². The van der Waals surface area contributed by atoms with Gasteiger partial charge in [0.15, 0.2) is 0 Å². The first-order chi connectivity index (χ1) is 15.8. The van der Waals surface area contributed by atoms with Gasteiger partial charge in [-0.05, 0) is 49.9 Å². The van der Waals surface area contributed by atoms with E-state index in [1.807, 2.05) is 24.3 Å². The van der Waals surface area contributed by atoms with Gasteiger partial charge in [0.2, 0.25) is 10.0 Å². The molecule has 178 valence electrons. The summed E-state index contributed by atoms with van der Waals surface area (Å²) >= 11 is 0. The van der Waals surface area contributed by atoms with Gasteiger partial charge in [0, 0.05) is 25.1 Å². The number of likely N-dealkylation sites (tertiary alicyclic amines) is 1. The van der Waals surface area contributed by atoms with Crippen LogP contribution in [0.4, 0.5) is 0 Å². The molecule has 0 spiro atoms. The maximum atomic E-state index is 13.5. The van der Waals surface area contributed by atoms with Crippen LogP contribution in [0.25, 0.3) is 0 Å². The van der Waals surface area contributed by atoms with Crippen LogP contribution in [0.3, 0.4) is 0 Å². The summed E-state index contributed by atoms with van der Waals surface area (Å²) < 4.78 is 41.5. The highest BCUT2D eigenvalue weighted by molar-refractivity contribution is 7.89. The van der Waals surface area contributed by atoms with E-state index in [1.165, 1.54) is 19.2 Å². The Balaban J connectivity index is 1.67. The van der Waals surface area contributed by atoms with E-state index in [1.54, 1.807) is 11.0 Å². The summed E-state index contributed by atoms with van der Waals surface area (Å²) in [6.07, 6.45) is 3.98. The molecule has 0 bridgehead atoms. The van der Waals surface area contributed by atoms with E-state index in [0.717, 1.165) is 31.2 Å². The lowest BCUT2D eigenvalue weighted by Crippen LogP contribution is -2.44. The van der Waals surface area contributed by atoms with Crippen LogP contribution in [0.1, 0.15) is 67.9 Å². The second kappa shape index (κ2) is 9.35. The first kappa shape index (κ1) is 23.6. The summed E-state index contributed by atoms with van der Waals surface area (Å²) in [6.45, 7) is 5.46. The van der Waals surface area contributed by atoms with Gasteiger partial charge in [-0.3, -0.25) is 4.79 Å². The average Bonchev–Trinajstić information content (AvgIpc) is 3.38. The Kier molecular flexibility index (Phi) is 6.68. The second-order valence-electron chi connectivity index (χ2n) is 8.77. The van der Waals surface area contributed by atoms with Crippen molar-refractivity contribution in [3.63, 3.8) is 0 Å². The van der Waals surface area contributed by atoms with Gasteiger partial charge < -0.3 is 14.4 Å². The van der Waals surface area contributed by atoms with Crippen molar-refractivity contribution >= 4 is 15.9 Å². The minimum Gasteiger partial charge on any atom is -0.496 e. The number of hydrogen-bond acceptors (Lipinski definition) is 5. The fourth-order valence-corrected chi connectivity index (χ4v) is 6.01. The van der Waals surface area contributed by atoms with Gasteiger partial charge in [-0.25, -0.2) is 13.1 Å². The van der Waals surface area contributed by atoms with Crippen LogP contribution in [0, 0.1) is 0 Å². The summed E-state index contributed by atoms with van der Waals surface area (Å²) in [7, 11) is -2.42. The molecule has 1 atom stereocenters. The standard InChI is InChI=1S/C25H32N2O5S/c1-4-25(5-2)17-21(19-10-6-7-11-23(19)32-25)26-33(29,30)18-12-13-22(31-3)20(16-18)24(28)27-14-8-9-15-27/h6-7,10-13,16,21,26H,4-5,8-9,14-15,17H2,1-3H3/t21-/m1/s1. The molecule has 2 aromatic rings. The van der Waals surface area contributed by atoms with Crippen LogP contribution in [-0.4, -0.2) is 45.0 Å². The lowest BCUT2D eigenvalue weighted by atomic mass is 9.84. The van der Waals surface area contributed by atoms with Crippen LogP contribution >= 0.6 is 0 Å². The molecule has 7 nitrogen and oxygen atoms in total. The van der Waals surface area contributed by atoms with Crippen molar-refractivity contribution in [1.82, 2.24) is 9.62 Å². The highest BCUT2D eigenvalue weighted by atomic mass is 32.2. The molecule has 2 aliphatic rings. The van der Waals surface area contributed by atoms with E-state index >= 15 is 0 Å². The second-order valence-corrected chi connectivity index (χ2v) is 10.5. The third kappa shape index (κ3) is 4.59. The summed E-state index contributed by atoms with van der Waals surface area (Å²) in [5.74, 6) is 0.881. The van der Waals surface area contributed by atoms with E-state index in [0.29, 0.717) is 31.0 Å².